The van der Waals surface area contributed by atoms with Crippen molar-refractivity contribution < 1.29 is 0 Å². The molecule has 2 heterocycles. The fourth-order valence-corrected chi connectivity index (χ4v) is 1.77. The van der Waals surface area contributed by atoms with Crippen LogP contribution in [0.2, 0.25) is 0 Å². The molecule has 0 saturated heterocycles. The lowest BCUT2D eigenvalue weighted by Gasteiger charge is -2.05. The normalized spacial score (nSPS) is 11.1. The minimum Gasteiger partial charge on any atom is -0.330 e. The van der Waals surface area contributed by atoms with E-state index in [4.69, 9.17) is 5.73 Å². The molecule has 0 fully saturated rings. The summed E-state index contributed by atoms with van der Waals surface area (Å²) < 4.78 is 1.75. The van der Waals surface area contributed by atoms with Crippen LogP contribution in [-0.4, -0.2) is 21.1 Å². The highest BCUT2D eigenvalue weighted by atomic mass is 16.1. The van der Waals surface area contributed by atoms with E-state index >= 15 is 0 Å². The van der Waals surface area contributed by atoms with E-state index < -0.39 is 0 Å². The Morgan fingerprint density at radius 2 is 2.27 bits per heavy atom. The number of rotatable bonds is 2. The number of nitrogens with one attached hydrogen (secondary N) is 1. The predicted molar refractivity (Wildman–Crippen MR) is 58.0 cm³/mol. The summed E-state index contributed by atoms with van der Waals surface area (Å²) >= 11 is 0. The summed E-state index contributed by atoms with van der Waals surface area (Å²) in [6.07, 6.45) is 0.579. The van der Waals surface area contributed by atoms with Gasteiger partial charge in [0, 0.05) is 17.3 Å². The van der Waals surface area contributed by atoms with Crippen LogP contribution >= 0.6 is 0 Å². The molecule has 0 bridgehead atoms. The standard InChI is InChI=1S/C10H14N4O/c1-6-5-9-12-10(15)8(3-4-11)7(2)14(9)13-6/h5H,3-4,11H2,1-2H3,(H,12,15). The van der Waals surface area contributed by atoms with Gasteiger partial charge in [-0.15, -0.1) is 0 Å². The number of fused-ring (bicyclic) bond motifs is 1. The number of aryl methyl sites for hydroxylation is 2. The maximum absolute atomic E-state index is 11.7. The van der Waals surface area contributed by atoms with E-state index in [2.05, 4.69) is 10.1 Å². The highest BCUT2D eigenvalue weighted by Gasteiger charge is 2.09. The van der Waals surface area contributed by atoms with Crippen LogP contribution in [0.3, 0.4) is 0 Å². The number of hydrogen-bond acceptors (Lipinski definition) is 3. The average molecular weight is 206 g/mol. The number of aromatic nitrogens is 3. The zero-order chi connectivity index (χ0) is 11.0. The summed E-state index contributed by atoms with van der Waals surface area (Å²) in [6, 6.07) is 1.85. The summed E-state index contributed by atoms with van der Waals surface area (Å²) in [4.78, 5) is 14.5. The Bertz CT molecular complexity index is 552. The van der Waals surface area contributed by atoms with Gasteiger partial charge >= 0.3 is 0 Å². The molecule has 0 radical (unpaired) electrons. The third-order valence-electron chi connectivity index (χ3n) is 2.50. The second-order valence-corrected chi connectivity index (χ2v) is 3.64. The van der Waals surface area contributed by atoms with Crippen molar-refractivity contribution in [1.82, 2.24) is 14.6 Å². The monoisotopic (exact) mass is 206 g/mol. The number of nitrogens with zero attached hydrogens (tertiary/aromatic N) is 2. The van der Waals surface area contributed by atoms with Gasteiger partial charge in [-0.25, -0.2) is 4.52 Å². The van der Waals surface area contributed by atoms with Gasteiger partial charge in [0.25, 0.3) is 5.56 Å². The molecule has 3 N–H and O–H groups in total. The second-order valence-electron chi connectivity index (χ2n) is 3.64. The van der Waals surface area contributed by atoms with Crippen LogP contribution in [-0.2, 0) is 6.42 Å². The van der Waals surface area contributed by atoms with E-state index in [1.54, 1.807) is 4.52 Å². The van der Waals surface area contributed by atoms with Crippen molar-refractivity contribution >= 4 is 5.65 Å². The minimum atomic E-state index is -0.0645. The van der Waals surface area contributed by atoms with E-state index in [9.17, 15) is 4.79 Å². The van der Waals surface area contributed by atoms with Crippen molar-refractivity contribution in [2.24, 2.45) is 5.73 Å². The topological polar surface area (TPSA) is 76.2 Å². The van der Waals surface area contributed by atoms with Crippen LogP contribution in [0.1, 0.15) is 17.0 Å². The molecule has 2 rings (SSSR count). The molecule has 5 heteroatoms. The Labute approximate surface area is 86.9 Å². The molecule has 0 aliphatic heterocycles. The van der Waals surface area contributed by atoms with Gasteiger partial charge in [0.2, 0.25) is 0 Å². The first kappa shape index (κ1) is 9.92. The molecule has 2 aromatic heterocycles. The maximum atomic E-state index is 11.7. The Morgan fingerprint density at radius 3 is 2.93 bits per heavy atom. The van der Waals surface area contributed by atoms with Crippen LogP contribution in [0.5, 0.6) is 0 Å². The lowest BCUT2D eigenvalue weighted by atomic mass is 10.2. The van der Waals surface area contributed by atoms with Gasteiger partial charge in [0.1, 0.15) is 5.65 Å². The first-order valence-corrected chi connectivity index (χ1v) is 4.91. The fourth-order valence-electron chi connectivity index (χ4n) is 1.77. The van der Waals surface area contributed by atoms with Crippen molar-refractivity contribution in [3.8, 4) is 0 Å². The van der Waals surface area contributed by atoms with Gasteiger partial charge in [-0.2, -0.15) is 5.10 Å². The number of hydrogen-bond donors (Lipinski definition) is 2. The van der Waals surface area contributed by atoms with E-state index in [0.29, 0.717) is 18.5 Å². The van der Waals surface area contributed by atoms with Crippen LogP contribution in [0.15, 0.2) is 10.9 Å². The molecule has 0 aromatic carbocycles. The molecular weight excluding hydrogens is 192 g/mol. The molecule has 0 aliphatic rings. The first-order chi connectivity index (χ1) is 7.13. The second kappa shape index (κ2) is 3.51. The third kappa shape index (κ3) is 1.55. The lowest BCUT2D eigenvalue weighted by molar-refractivity contribution is 0.823. The molecule has 0 amide bonds. The maximum Gasteiger partial charge on any atom is 0.254 e. The van der Waals surface area contributed by atoms with E-state index in [1.165, 1.54) is 0 Å². The summed E-state index contributed by atoms with van der Waals surface area (Å²) in [5, 5.41) is 4.30. The molecule has 2 aromatic rings. The van der Waals surface area contributed by atoms with Gasteiger partial charge in [-0.3, -0.25) is 4.79 Å². The Morgan fingerprint density at radius 1 is 1.53 bits per heavy atom. The number of aromatic amines is 1. The lowest BCUT2D eigenvalue weighted by Crippen LogP contribution is -2.21. The molecule has 15 heavy (non-hydrogen) atoms. The molecule has 0 unspecified atom stereocenters. The van der Waals surface area contributed by atoms with Gasteiger partial charge < -0.3 is 10.7 Å². The van der Waals surface area contributed by atoms with Crippen LogP contribution < -0.4 is 11.3 Å². The van der Waals surface area contributed by atoms with Crippen LogP contribution in [0, 0.1) is 13.8 Å². The highest BCUT2D eigenvalue weighted by molar-refractivity contribution is 5.41. The summed E-state index contributed by atoms with van der Waals surface area (Å²) in [7, 11) is 0. The Balaban J connectivity index is 2.77. The SMILES string of the molecule is Cc1cc2[nH]c(=O)c(CCN)c(C)n2n1. The molecule has 0 saturated carbocycles. The van der Waals surface area contributed by atoms with Crippen molar-refractivity contribution in [1.29, 1.82) is 0 Å². The molecule has 0 spiro atoms. The van der Waals surface area contributed by atoms with Crippen molar-refractivity contribution in [2.75, 3.05) is 6.54 Å². The quantitative estimate of drug-likeness (QED) is 0.733. The largest absolute Gasteiger partial charge is 0.330 e. The third-order valence-corrected chi connectivity index (χ3v) is 2.50. The Hall–Kier alpha value is -1.62. The summed E-state index contributed by atoms with van der Waals surface area (Å²) in [5.74, 6) is 0. The first-order valence-electron chi connectivity index (χ1n) is 4.91. The van der Waals surface area contributed by atoms with Crippen molar-refractivity contribution in [2.45, 2.75) is 20.3 Å². The number of nitrogens with two attached hydrogens (primary N) is 1. The van der Waals surface area contributed by atoms with Gasteiger partial charge in [-0.1, -0.05) is 0 Å². The van der Waals surface area contributed by atoms with E-state index in [-0.39, 0.29) is 5.56 Å². The Kier molecular flexibility index (Phi) is 2.32. The molecule has 0 aliphatic carbocycles. The minimum absolute atomic E-state index is 0.0645. The smallest absolute Gasteiger partial charge is 0.254 e. The van der Waals surface area contributed by atoms with Crippen LogP contribution in [0.4, 0.5) is 0 Å². The van der Waals surface area contributed by atoms with E-state index in [0.717, 1.165) is 17.0 Å². The van der Waals surface area contributed by atoms with Gasteiger partial charge in [0.05, 0.1) is 5.69 Å². The molecule has 5 nitrogen and oxygen atoms in total. The van der Waals surface area contributed by atoms with Crippen molar-refractivity contribution in [3.63, 3.8) is 0 Å². The molecular formula is C10H14N4O. The van der Waals surface area contributed by atoms with Gasteiger partial charge in [-0.05, 0) is 26.8 Å². The van der Waals surface area contributed by atoms with E-state index in [1.807, 2.05) is 19.9 Å². The molecule has 80 valence electrons. The fraction of sp³-hybridized carbons (Fsp3) is 0.400. The zero-order valence-electron chi connectivity index (χ0n) is 8.87. The van der Waals surface area contributed by atoms with Crippen LogP contribution in [0.25, 0.3) is 5.65 Å². The summed E-state index contributed by atoms with van der Waals surface area (Å²) in [5.41, 5.74) is 8.60. The predicted octanol–water partition coefficient (Wildman–Crippen LogP) is 0.141. The zero-order valence-corrected chi connectivity index (χ0v) is 8.87. The van der Waals surface area contributed by atoms with Gasteiger partial charge in [0.15, 0.2) is 0 Å². The average Bonchev–Trinajstić information content (AvgIpc) is 2.53. The number of H-pyrrole nitrogens is 1. The molecule has 0 atom stereocenters. The van der Waals surface area contributed by atoms with Crippen molar-refractivity contribution in [3.05, 3.63) is 33.4 Å². The summed E-state index contributed by atoms with van der Waals surface area (Å²) in [6.45, 7) is 4.25. The highest BCUT2D eigenvalue weighted by Crippen LogP contribution is 2.07.